The number of carbonyl (C=O) groups is 2. The molecule has 0 heterocycles. The highest BCUT2D eigenvalue weighted by atomic mass is 16.6. The van der Waals surface area contributed by atoms with Crippen molar-refractivity contribution in [2.45, 2.75) is 64.5 Å². The van der Waals surface area contributed by atoms with Crippen molar-refractivity contribution in [3.8, 4) is 0 Å². The minimum absolute atomic E-state index is 0.0956. The van der Waals surface area contributed by atoms with Gasteiger partial charge in [0.2, 0.25) is 0 Å². The molecule has 1 aliphatic rings. The van der Waals surface area contributed by atoms with Crippen LogP contribution in [0, 0.1) is 5.92 Å². The minimum atomic E-state index is -0.482. The molecule has 0 aromatic rings. The summed E-state index contributed by atoms with van der Waals surface area (Å²) >= 11 is 0. The number of esters is 1. The molecule has 1 rings (SSSR count). The predicted octanol–water partition coefficient (Wildman–Crippen LogP) is 2.63. The quantitative estimate of drug-likeness (QED) is 0.801. The van der Waals surface area contributed by atoms with E-state index in [9.17, 15) is 9.59 Å². The van der Waals surface area contributed by atoms with E-state index in [1.807, 2.05) is 20.8 Å². The van der Waals surface area contributed by atoms with E-state index in [2.05, 4.69) is 10.1 Å². The van der Waals surface area contributed by atoms with Gasteiger partial charge in [0.1, 0.15) is 5.60 Å². The minimum Gasteiger partial charge on any atom is -0.469 e. The van der Waals surface area contributed by atoms with Gasteiger partial charge in [-0.1, -0.05) is 6.42 Å². The molecular formula is C14H25NO4. The number of alkyl carbamates (subject to hydrolysis) is 1. The first-order valence-electron chi connectivity index (χ1n) is 6.86. The van der Waals surface area contributed by atoms with Gasteiger partial charge in [0, 0.05) is 12.5 Å². The van der Waals surface area contributed by atoms with Crippen molar-refractivity contribution in [3.05, 3.63) is 0 Å². The smallest absolute Gasteiger partial charge is 0.407 e. The average molecular weight is 271 g/mol. The molecule has 5 heteroatoms. The molecule has 0 aliphatic heterocycles. The number of rotatable bonds is 3. The zero-order valence-corrected chi connectivity index (χ0v) is 12.3. The fraction of sp³-hybridized carbons (Fsp3) is 0.857. The summed E-state index contributed by atoms with van der Waals surface area (Å²) in [4.78, 5) is 22.9. The van der Waals surface area contributed by atoms with Crippen molar-refractivity contribution in [2.75, 3.05) is 7.11 Å². The maximum atomic E-state index is 11.7. The number of methoxy groups -OCH3 is 1. The van der Waals surface area contributed by atoms with Crippen LogP contribution in [0.4, 0.5) is 4.79 Å². The highest BCUT2D eigenvalue weighted by molar-refractivity contribution is 5.69. The van der Waals surface area contributed by atoms with Crippen LogP contribution in [-0.4, -0.2) is 30.8 Å². The van der Waals surface area contributed by atoms with Crippen molar-refractivity contribution < 1.29 is 19.1 Å². The van der Waals surface area contributed by atoms with Crippen LogP contribution in [0.3, 0.4) is 0 Å². The topological polar surface area (TPSA) is 64.6 Å². The Morgan fingerprint density at radius 2 is 1.95 bits per heavy atom. The van der Waals surface area contributed by atoms with Crippen LogP contribution in [0.25, 0.3) is 0 Å². The van der Waals surface area contributed by atoms with Gasteiger partial charge in [0.25, 0.3) is 0 Å². The Morgan fingerprint density at radius 1 is 1.26 bits per heavy atom. The zero-order valence-electron chi connectivity index (χ0n) is 12.3. The molecule has 1 fully saturated rings. The van der Waals surface area contributed by atoms with Crippen LogP contribution in [-0.2, 0) is 14.3 Å². The molecule has 19 heavy (non-hydrogen) atoms. The van der Waals surface area contributed by atoms with E-state index in [0.717, 1.165) is 25.7 Å². The summed E-state index contributed by atoms with van der Waals surface area (Å²) in [7, 11) is 1.40. The van der Waals surface area contributed by atoms with E-state index in [4.69, 9.17) is 4.74 Å². The van der Waals surface area contributed by atoms with E-state index < -0.39 is 5.60 Å². The molecule has 0 saturated heterocycles. The van der Waals surface area contributed by atoms with Gasteiger partial charge in [-0.3, -0.25) is 4.79 Å². The molecule has 2 unspecified atom stereocenters. The Bertz CT molecular complexity index is 322. The van der Waals surface area contributed by atoms with Gasteiger partial charge in [-0.15, -0.1) is 0 Å². The van der Waals surface area contributed by atoms with Crippen molar-refractivity contribution in [3.63, 3.8) is 0 Å². The van der Waals surface area contributed by atoms with Crippen molar-refractivity contribution in [1.29, 1.82) is 0 Å². The number of hydrogen-bond donors (Lipinski definition) is 1. The van der Waals surface area contributed by atoms with Gasteiger partial charge in [-0.05, 0) is 46.0 Å². The number of hydrogen-bond acceptors (Lipinski definition) is 4. The Morgan fingerprint density at radius 3 is 2.53 bits per heavy atom. The van der Waals surface area contributed by atoms with Gasteiger partial charge >= 0.3 is 12.1 Å². The molecule has 5 nitrogen and oxygen atoms in total. The molecule has 0 radical (unpaired) electrons. The largest absolute Gasteiger partial charge is 0.469 e. The lowest BCUT2D eigenvalue weighted by atomic mass is 9.84. The Hall–Kier alpha value is -1.26. The molecule has 0 spiro atoms. The molecule has 1 aliphatic carbocycles. The Kier molecular flexibility index (Phi) is 5.63. The lowest BCUT2D eigenvalue weighted by Crippen LogP contribution is -2.41. The van der Waals surface area contributed by atoms with Crippen LogP contribution < -0.4 is 5.32 Å². The average Bonchev–Trinajstić information content (AvgIpc) is 2.26. The lowest BCUT2D eigenvalue weighted by molar-refractivity contribution is -0.142. The summed E-state index contributed by atoms with van der Waals surface area (Å²) in [5.41, 5.74) is -0.482. The third-order valence-corrected chi connectivity index (χ3v) is 3.19. The van der Waals surface area contributed by atoms with Crippen molar-refractivity contribution in [1.82, 2.24) is 5.32 Å². The maximum absolute atomic E-state index is 11.7. The lowest BCUT2D eigenvalue weighted by Gasteiger charge is -2.30. The van der Waals surface area contributed by atoms with Crippen molar-refractivity contribution in [2.24, 2.45) is 5.92 Å². The Balaban J connectivity index is 2.38. The summed E-state index contributed by atoms with van der Waals surface area (Å²) in [6.45, 7) is 5.52. The van der Waals surface area contributed by atoms with Gasteiger partial charge in [0.15, 0.2) is 0 Å². The summed E-state index contributed by atoms with van der Waals surface area (Å²) < 4.78 is 9.92. The Labute approximate surface area is 115 Å². The van der Waals surface area contributed by atoms with E-state index in [0.29, 0.717) is 12.3 Å². The third kappa shape index (κ3) is 6.45. The molecule has 1 saturated carbocycles. The van der Waals surface area contributed by atoms with E-state index >= 15 is 0 Å². The standard InChI is InChI=1S/C14H25NO4/c1-14(2,3)19-13(17)15-11-7-5-6-10(8-11)9-12(16)18-4/h10-11H,5-9H2,1-4H3,(H,15,17). The summed E-state index contributed by atoms with van der Waals surface area (Å²) in [5.74, 6) is 0.115. The van der Waals surface area contributed by atoms with E-state index in [-0.39, 0.29) is 18.1 Å². The number of amides is 1. The fourth-order valence-corrected chi connectivity index (χ4v) is 2.40. The summed E-state index contributed by atoms with van der Waals surface area (Å²) in [6, 6.07) is 0.0956. The highest BCUT2D eigenvalue weighted by Gasteiger charge is 2.26. The predicted molar refractivity (Wildman–Crippen MR) is 71.7 cm³/mol. The molecule has 0 aromatic carbocycles. The van der Waals surface area contributed by atoms with Crippen LogP contribution in [0.2, 0.25) is 0 Å². The first-order chi connectivity index (χ1) is 8.80. The fourth-order valence-electron chi connectivity index (χ4n) is 2.40. The van der Waals surface area contributed by atoms with Crippen LogP contribution in [0.1, 0.15) is 52.9 Å². The number of carbonyl (C=O) groups excluding carboxylic acids is 2. The summed E-state index contributed by atoms with van der Waals surface area (Å²) in [6.07, 6.45) is 3.84. The molecule has 110 valence electrons. The van der Waals surface area contributed by atoms with E-state index in [1.165, 1.54) is 7.11 Å². The van der Waals surface area contributed by atoms with Crippen LogP contribution >= 0.6 is 0 Å². The highest BCUT2D eigenvalue weighted by Crippen LogP contribution is 2.27. The van der Waals surface area contributed by atoms with Gasteiger partial charge in [-0.25, -0.2) is 4.79 Å². The normalized spacial score (nSPS) is 23.6. The molecular weight excluding hydrogens is 246 g/mol. The summed E-state index contributed by atoms with van der Waals surface area (Å²) in [5, 5.41) is 2.88. The van der Waals surface area contributed by atoms with Crippen molar-refractivity contribution >= 4 is 12.1 Å². The maximum Gasteiger partial charge on any atom is 0.407 e. The van der Waals surface area contributed by atoms with Gasteiger partial charge in [-0.2, -0.15) is 0 Å². The SMILES string of the molecule is COC(=O)CC1CCCC(NC(=O)OC(C)(C)C)C1. The molecule has 1 N–H and O–H groups in total. The second-order valence-electron chi connectivity index (χ2n) is 6.16. The van der Waals surface area contributed by atoms with Crippen LogP contribution in [0.5, 0.6) is 0 Å². The number of ether oxygens (including phenoxy) is 2. The molecule has 2 atom stereocenters. The third-order valence-electron chi connectivity index (χ3n) is 3.19. The molecule has 0 bridgehead atoms. The second kappa shape index (κ2) is 6.78. The zero-order chi connectivity index (χ0) is 14.5. The molecule has 0 aromatic heterocycles. The molecule has 1 amide bonds. The first-order valence-corrected chi connectivity index (χ1v) is 6.86. The first kappa shape index (κ1) is 15.8. The van der Waals surface area contributed by atoms with Gasteiger partial charge < -0.3 is 14.8 Å². The monoisotopic (exact) mass is 271 g/mol. The van der Waals surface area contributed by atoms with Crippen LogP contribution in [0.15, 0.2) is 0 Å². The number of nitrogens with one attached hydrogen (secondary N) is 1. The second-order valence-corrected chi connectivity index (χ2v) is 6.16. The van der Waals surface area contributed by atoms with E-state index in [1.54, 1.807) is 0 Å². The van der Waals surface area contributed by atoms with Gasteiger partial charge in [0.05, 0.1) is 7.11 Å².